The molecule has 2 aromatic carbocycles. The number of hydrogen-bond donors (Lipinski definition) is 1. The lowest BCUT2D eigenvalue weighted by Gasteiger charge is -2.18. The molecule has 0 aliphatic rings. The Labute approximate surface area is 113 Å². The van der Waals surface area contributed by atoms with Gasteiger partial charge in [-0.2, -0.15) is 0 Å². The van der Waals surface area contributed by atoms with Crippen LogP contribution in [0.2, 0.25) is 0 Å². The fourth-order valence-electron chi connectivity index (χ4n) is 2.01. The molecule has 2 aromatic rings. The highest BCUT2D eigenvalue weighted by Gasteiger charge is 2.14. The minimum atomic E-state index is -0.339. The molecule has 3 heteroatoms. The maximum Gasteiger partial charge on any atom is 0.165 e. The van der Waals surface area contributed by atoms with E-state index in [1.54, 1.807) is 6.07 Å². The Morgan fingerprint density at radius 3 is 2.53 bits per heavy atom. The molecule has 0 aliphatic carbocycles. The van der Waals surface area contributed by atoms with Crippen LogP contribution in [0.4, 0.5) is 4.39 Å². The zero-order chi connectivity index (χ0) is 13.7. The Morgan fingerprint density at radius 2 is 1.84 bits per heavy atom. The molecule has 0 bridgehead atoms. The standard InChI is InChI=1S/C16H18FNO/c1-12(13-6-3-2-4-7-13)19-16-14(10-11-18)8-5-9-15(16)17/h2-9,12H,10-11,18H2,1H3. The number of benzene rings is 2. The molecular weight excluding hydrogens is 241 g/mol. The lowest BCUT2D eigenvalue weighted by Crippen LogP contribution is -2.09. The van der Waals surface area contributed by atoms with Crippen molar-refractivity contribution in [2.45, 2.75) is 19.4 Å². The van der Waals surface area contributed by atoms with Crippen molar-refractivity contribution in [3.05, 3.63) is 65.5 Å². The Kier molecular flexibility index (Phi) is 4.53. The summed E-state index contributed by atoms with van der Waals surface area (Å²) in [4.78, 5) is 0. The molecule has 0 saturated carbocycles. The molecule has 2 rings (SSSR count). The first-order valence-corrected chi connectivity index (χ1v) is 6.41. The SMILES string of the molecule is CC(Oc1c(F)cccc1CCN)c1ccccc1. The van der Waals surface area contributed by atoms with E-state index in [-0.39, 0.29) is 11.9 Å². The summed E-state index contributed by atoms with van der Waals surface area (Å²) in [6.07, 6.45) is 0.406. The molecule has 100 valence electrons. The van der Waals surface area contributed by atoms with Crippen molar-refractivity contribution in [3.8, 4) is 5.75 Å². The Hall–Kier alpha value is -1.87. The zero-order valence-electron chi connectivity index (χ0n) is 11.0. The van der Waals surface area contributed by atoms with Crippen LogP contribution in [0.5, 0.6) is 5.75 Å². The Morgan fingerprint density at radius 1 is 1.11 bits per heavy atom. The average molecular weight is 259 g/mol. The van der Waals surface area contributed by atoms with Crippen molar-refractivity contribution in [3.63, 3.8) is 0 Å². The van der Waals surface area contributed by atoms with Crippen LogP contribution in [0.15, 0.2) is 48.5 Å². The summed E-state index contributed by atoms with van der Waals surface area (Å²) in [5, 5.41) is 0. The van der Waals surface area contributed by atoms with Gasteiger partial charge in [-0.3, -0.25) is 0 Å². The molecule has 0 radical (unpaired) electrons. The molecule has 2 nitrogen and oxygen atoms in total. The first-order valence-electron chi connectivity index (χ1n) is 6.41. The van der Waals surface area contributed by atoms with E-state index in [0.717, 1.165) is 11.1 Å². The third-order valence-corrected chi connectivity index (χ3v) is 3.03. The van der Waals surface area contributed by atoms with E-state index in [1.165, 1.54) is 6.07 Å². The molecule has 0 spiro atoms. The molecule has 0 aliphatic heterocycles. The fourth-order valence-corrected chi connectivity index (χ4v) is 2.01. The summed E-state index contributed by atoms with van der Waals surface area (Å²) < 4.78 is 19.7. The molecule has 1 atom stereocenters. The highest BCUT2D eigenvalue weighted by atomic mass is 19.1. The molecular formula is C16H18FNO. The van der Waals surface area contributed by atoms with Crippen LogP contribution in [0.25, 0.3) is 0 Å². The maximum absolute atomic E-state index is 13.9. The van der Waals surface area contributed by atoms with Crippen molar-refractivity contribution in [1.82, 2.24) is 0 Å². The normalized spacial score (nSPS) is 12.2. The number of nitrogens with two attached hydrogens (primary N) is 1. The number of rotatable bonds is 5. The van der Waals surface area contributed by atoms with Gasteiger partial charge in [-0.1, -0.05) is 42.5 Å². The monoisotopic (exact) mass is 259 g/mol. The quantitative estimate of drug-likeness (QED) is 0.892. The van der Waals surface area contributed by atoms with Crippen LogP contribution in [0.1, 0.15) is 24.2 Å². The van der Waals surface area contributed by atoms with Gasteiger partial charge in [0.2, 0.25) is 0 Å². The molecule has 1 unspecified atom stereocenters. The third-order valence-electron chi connectivity index (χ3n) is 3.03. The second-order valence-electron chi connectivity index (χ2n) is 4.44. The van der Waals surface area contributed by atoms with Gasteiger partial charge in [0.05, 0.1) is 0 Å². The van der Waals surface area contributed by atoms with Gasteiger partial charge in [0, 0.05) is 0 Å². The van der Waals surface area contributed by atoms with Gasteiger partial charge in [0.1, 0.15) is 6.10 Å². The van der Waals surface area contributed by atoms with Gasteiger partial charge in [-0.15, -0.1) is 0 Å². The van der Waals surface area contributed by atoms with Gasteiger partial charge in [0.25, 0.3) is 0 Å². The van der Waals surface area contributed by atoms with E-state index in [1.807, 2.05) is 43.3 Å². The van der Waals surface area contributed by atoms with Gasteiger partial charge in [-0.05, 0) is 37.1 Å². The van der Waals surface area contributed by atoms with Crippen molar-refractivity contribution in [2.75, 3.05) is 6.54 Å². The molecule has 0 aromatic heterocycles. The number of halogens is 1. The van der Waals surface area contributed by atoms with Gasteiger partial charge >= 0.3 is 0 Å². The minimum absolute atomic E-state index is 0.199. The van der Waals surface area contributed by atoms with E-state index >= 15 is 0 Å². The fraction of sp³-hybridized carbons (Fsp3) is 0.250. The number of hydrogen-bond acceptors (Lipinski definition) is 2. The zero-order valence-corrected chi connectivity index (χ0v) is 11.0. The smallest absolute Gasteiger partial charge is 0.165 e. The summed E-state index contributed by atoms with van der Waals surface area (Å²) in [6.45, 7) is 2.38. The maximum atomic E-state index is 13.9. The van der Waals surface area contributed by atoms with E-state index in [0.29, 0.717) is 18.7 Å². The molecule has 0 amide bonds. The third kappa shape index (κ3) is 3.32. The van der Waals surface area contributed by atoms with Crippen molar-refractivity contribution >= 4 is 0 Å². The predicted octanol–water partition coefficient (Wildman–Crippen LogP) is 3.47. The second kappa shape index (κ2) is 6.34. The molecule has 0 heterocycles. The minimum Gasteiger partial charge on any atom is -0.483 e. The lowest BCUT2D eigenvalue weighted by atomic mass is 10.1. The molecule has 0 fully saturated rings. The lowest BCUT2D eigenvalue weighted by molar-refractivity contribution is 0.214. The van der Waals surface area contributed by atoms with E-state index in [9.17, 15) is 4.39 Å². The Bertz CT molecular complexity index is 528. The average Bonchev–Trinajstić information content (AvgIpc) is 2.44. The van der Waals surface area contributed by atoms with Crippen molar-refractivity contribution in [2.24, 2.45) is 5.73 Å². The first-order chi connectivity index (χ1) is 9.22. The van der Waals surface area contributed by atoms with Crippen LogP contribution >= 0.6 is 0 Å². The van der Waals surface area contributed by atoms with Gasteiger partial charge in [0.15, 0.2) is 11.6 Å². The van der Waals surface area contributed by atoms with Crippen LogP contribution in [0, 0.1) is 5.82 Å². The molecule has 19 heavy (non-hydrogen) atoms. The number of ether oxygens (including phenoxy) is 1. The van der Waals surface area contributed by atoms with Gasteiger partial charge in [-0.25, -0.2) is 4.39 Å². The summed E-state index contributed by atoms with van der Waals surface area (Å²) in [5.74, 6) is -0.0296. The van der Waals surface area contributed by atoms with E-state index in [4.69, 9.17) is 10.5 Å². The van der Waals surface area contributed by atoms with Crippen LogP contribution < -0.4 is 10.5 Å². The van der Waals surface area contributed by atoms with Crippen LogP contribution in [-0.2, 0) is 6.42 Å². The summed E-state index contributed by atoms with van der Waals surface area (Å²) in [7, 11) is 0. The summed E-state index contributed by atoms with van der Waals surface area (Å²) in [6, 6.07) is 14.7. The van der Waals surface area contributed by atoms with Crippen LogP contribution in [-0.4, -0.2) is 6.54 Å². The molecule has 0 saturated heterocycles. The largest absolute Gasteiger partial charge is 0.483 e. The van der Waals surface area contributed by atoms with E-state index < -0.39 is 0 Å². The Balaban J connectivity index is 2.23. The van der Waals surface area contributed by atoms with Gasteiger partial charge < -0.3 is 10.5 Å². The predicted molar refractivity (Wildman–Crippen MR) is 74.6 cm³/mol. The van der Waals surface area contributed by atoms with Crippen molar-refractivity contribution < 1.29 is 9.13 Å². The number of para-hydroxylation sites is 1. The first kappa shape index (κ1) is 13.6. The van der Waals surface area contributed by atoms with E-state index in [2.05, 4.69) is 0 Å². The van der Waals surface area contributed by atoms with Crippen LogP contribution in [0.3, 0.4) is 0 Å². The highest BCUT2D eigenvalue weighted by molar-refractivity contribution is 5.36. The molecule has 2 N–H and O–H groups in total. The highest BCUT2D eigenvalue weighted by Crippen LogP contribution is 2.28. The summed E-state index contributed by atoms with van der Waals surface area (Å²) >= 11 is 0. The second-order valence-corrected chi connectivity index (χ2v) is 4.44. The van der Waals surface area contributed by atoms with Crippen molar-refractivity contribution in [1.29, 1.82) is 0 Å². The topological polar surface area (TPSA) is 35.2 Å². The summed E-state index contributed by atoms with van der Waals surface area (Å²) in [5.41, 5.74) is 7.37.